The van der Waals surface area contributed by atoms with E-state index in [0.717, 1.165) is 30.3 Å². The summed E-state index contributed by atoms with van der Waals surface area (Å²) in [6.07, 6.45) is 0.938. The largest absolute Gasteiger partial charge is 0.381 e. The van der Waals surface area contributed by atoms with E-state index in [9.17, 15) is 0 Å². The standard InChI is InChI=1S/C13H19ClN2O/c1-10-8-17-7-6-13(10,9-15)16-12-4-2-11(14)3-5-12/h2-5,10,16H,6-9,15H2,1H3. The lowest BCUT2D eigenvalue weighted by molar-refractivity contribution is 0.0205. The number of hydrogen-bond donors (Lipinski definition) is 2. The Kier molecular flexibility index (Phi) is 3.92. The summed E-state index contributed by atoms with van der Waals surface area (Å²) in [7, 11) is 0. The first-order valence-corrected chi connectivity index (χ1v) is 6.36. The molecular formula is C13H19ClN2O. The fourth-order valence-corrected chi connectivity index (χ4v) is 2.41. The minimum atomic E-state index is -0.0634. The molecule has 1 heterocycles. The van der Waals surface area contributed by atoms with Gasteiger partial charge in [-0.25, -0.2) is 0 Å². The van der Waals surface area contributed by atoms with Crippen LogP contribution in [-0.2, 0) is 4.74 Å². The second kappa shape index (κ2) is 5.25. The molecule has 0 aromatic heterocycles. The lowest BCUT2D eigenvalue weighted by atomic mass is 9.81. The van der Waals surface area contributed by atoms with E-state index in [1.807, 2.05) is 24.3 Å². The molecule has 2 atom stereocenters. The van der Waals surface area contributed by atoms with Crippen molar-refractivity contribution in [3.05, 3.63) is 29.3 Å². The Labute approximate surface area is 107 Å². The molecular weight excluding hydrogens is 236 g/mol. The predicted octanol–water partition coefficient (Wildman–Crippen LogP) is 2.51. The first-order valence-electron chi connectivity index (χ1n) is 5.98. The summed E-state index contributed by atoms with van der Waals surface area (Å²) in [6.45, 7) is 4.31. The first-order chi connectivity index (χ1) is 8.16. The Balaban J connectivity index is 2.15. The second-order valence-corrected chi connectivity index (χ2v) is 5.15. The van der Waals surface area contributed by atoms with Gasteiger partial charge in [0.2, 0.25) is 0 Å². The van der Waals surface area contributed by atoms with Crippen LogP contribution in [-0.4, -0.2) is 25.3 Å². The van der Waals surface area contributed by atoms with Gasteiger partial charge in [-0.15, -0.1) is 0 Å². The zero-order valence-electron chi connectivity index (χ0n) is 10.1. The van der Waals surface area contributed by atoms with Crippen LogP contribution in [0.1, 0.15) is 13.3 Å². The molecule has 1 aliphatic heterocycles. The number of nitrogens with two attached hydrogens (primary N) is 1. The monoisotopic (exact) mass is 254 g/mol. The zero-order valence-corrected chi connectivity index (χ0v) is 10.8. The van der Waals surface area contributed by atoms with E-state index < -0.39 is 0 Å². The third kappa shape index (κ3) is 2.73. The van der Waals surface area contributed by atoms with Crippen LogP contribution in [0.25, 0.3) is 0 Å². The van der Waals surface area contributed by atoms with Crippen molar-refractivity contribution in [2.45, 2.75) is 18.9 Å². The van der Waals surface area contributed by atoms with Crippen molar-refractivity contribution in [1.29, 1.82) is 0 Å². The van der Waals surface area contributed by atoms with Crippen LogP contribution in [0.5, 0.6) is 0 Å². The number of rotatable bonds is 3. The average Bonchev–Trinajstić information content (AvgIpc) is 2.35. The zero-order chi connectivity index (χ0) is 12.3. The Morgan fingerprint density at radius 2 is 2.18 bits per heavy atom. The van der Waals surface area contributed by atoms with Crippen molar-refractivity contribution >= 4 is 17.3 Å². The van der Waals surface area contributed by atoms with Gasteiger partial charge in [-0.1, -0.05) is 18.5 Å². The number of halogens is 1. The summed E-state index contributed by atoms with van der Waals surface area (Å²) in [6, 6.07) is 7.75. The summed E-state index contributed by atoms with van der Waals surface area (Å²) in [5, 5.41) is 4.30. The molecule has 1 aliphatic rings. The Morgan fingerprint density at radius 3 is 2.76 bits per heavy atom. The highest BCUT2D eigenvalue weighted by Gasteiger charge is 2.37. The van der Waals surface area contributed by atoms with Gasteiger partial charge in [0.15, 0.2) is 0 Å². The topological polar surface area (TPSA) is 47.3 Å². The van der Waals surface area contributed by atoms with Crippen molar-refractivity contribution < 1.29 is 4.74 Å². The number of ether oxygens (including phenoxy) is 1. The van der Waals surface area contributed by atoms with Crippen molar-refractivity contribution in [2.24, 2.45) is 11.7 Å². The van der Waals surface area contributed by atoms with Gasteiger partial charge in [0, 0.05) is 29.8 Å². The molecule has 0 spiro atoms. The van der Waals surface area contributed by atoms with Gasteiger partial charge in [-0.2, -0.15) is 0 Å². The molecule has 3 nitrogen and oxygen atoms in total. The minimum absolute atomic E-state index is 0.0634. The molecule has 0 bridgehead atoms. The minimum Gasteiger partial charge on any atom is -0.381 e. The van der Waals surface area contributed by atoms with E-state index in [0.29, 0.717) is 12.5 Å². The molecule has 17 heavy (non-hydrogen) atoms. The molecule has 0 amide bonds. The lowest BCUT2D eigenvalue weighted by Gasteiger charge is -2.43. The van der Waals surface area contributed by atoms with Crippen LogP contribution in [0.3, 0.4) is 0 Å². The summed E-state index contributed by atoms with van der Waals surface area (Å²) in [4.78, 5) is 0. The molecule has 94 valence electrons. The van der Waals surface area contributed by atoms with Crippen LogP contribution in [0.2, 0.25) is 5.02 Å². The molecule has 1 fully saturated rings. The van der Waals surface area contributed by atoms with E-state index >= 15 is 0 Å². The fraction of sp³-hybridized carbons (Fsp3) is 0.538. The van der Waals surface area contributed by atoms with Crippen LogP contribution in [0.4, 0.5) is 5.69 Å². The smallest absolute Gasteiger partial charge is 0.0564 e. The number of nitrogens with one attached hydrogen (secondary N) is 1. The Bertz CT molecular complexity index is 368. The van der Waals surface area contributed by atoms with E-state index in [4.69, 9.17) is 22.1 Å². The summed E-state index contributed by atoms with van der Waals surface area (Å²) in [5.74, 6) is 0.400. The van der Waals surface area contributed by atoms with E-state index in [2.05, 4.69) is 12.2 Å². The molecule has 1 saturated heterocycles. The molecule has 0 saturated carbocycles. The molecule has 1 aromatic carbocycles. The fourth-order valence-electron chi connectivity index (χ4n) is 2.28. The summed E-state index contributed by atoms with van der Waals surface area (Å²) < 4.78 is 5.48. The van der Waals surface area contributed by atoms with Crippen molar-refractivity contribution in [2.75, 3.05) is 25.1 Å². The lowest BCUT2D eigenvalue weighted by Crippen LogP contribution is -2.55. The molecule has 0 radical (unpaired) electrons. The van der Waals surface area contributed by atoms with Gasteiger partial charge >= 0.3 is 0 Å². The van der Waals surface area contributed by atoms with Crippen molar-refractivity contribution in [3.8, 4) is 0 Å². The van der Waals surface area contributed by atoms with Gasteiger partial charge in [0.1, 0.15) is 0 Å². The molecule has 3 N–H and O–H groups in total. The first kappa shape index (κ1) is 12.7. The molecule has 2 rings (SSSR count). The summed E-state index contributed by atoms with van der Waals surface area (Å²) in [5.41, 5.74) is 6.96. The number of benzene rings is 1. The van der Waals surface area contributed by atoms with Gasteiger partial charge in [0.25, 0.3) is 0 Å². The van der Waals surface area contributed by atoms with Gasteiger partial charge < -0.3 is 15.8 Å². The average molecular weight is 255 g/mol. The van der Waals surface area contributed by atoms with Crippen LogP contribution >= 0.6 is 11.6 Å². The summed E-state index contributed by atoms with van der Waals surface area (Å²) >= 11 is 5.88. The predicted molar refractivity (Wildman–Crippen MR) is 71.5 cm³/mol. The highest BCUT2D eigenvalue weighted by Crippen LogP contribution is 2.30. The highest BCUT2D eigenvalue weighted by molar-refractivity contribution is 6.30. The van der Waals surface area contributed by atoms with Crippen LogP contribution in [0.15, 0.2) is 24.3 Å². The third-order valence-electron chi connectivity index (χ3n) is 3.61. The van der Waals surface area contributed by atoms with E-state index in [1.165, 1.54) is 0 Å². The number of hydrogen-bond acceptors (Lipinski definition) is 3. The maximum atomic E-state index is 5.96. The highest BCUT2D eigenvalue weighted by atomic mass is 35.5. The second-order valence-electron chi connectivity index (χ2n) is 4.72. The third-order valence-corrected chi connectivity index (χ3v) is 3.86. The van der Waals surface area contributed by atoms with E-state index in [1.54, 1.807) is 0 Å². The maximum Gasteiger partial charge on any atom is 0.0564 e. The maximum absolute atomic E-state index is 5.96. The normalized spacial score (nSPS) is 29.0. The number of anilines is 1. The molecule has 4 heteroatoms. The SMILES string of the molecule is CC1COCCC1(CN)Nc1ccc(Cl)cc1. The van der Waals surface area contributed by atoms with Gasteiger partial charge in [-0.3, -0.25) is 0 Å². The van der Waals surface area contributed by atoms with Crippen molar-refractivity contribution in [1.82, 2.24) is 0 Å². The van der Waals surface area contributed by atoms with Gasteiger partial charge in [-0.05, 0) is 30.7 Å². The van der Waals surface area contributed by atoms with Crippen LogP contribution < -0.4 is 11.1 Å². The van der Waals surface area contributed by atoms with Gasteiger partial charge in [0.05, 0.1) is 12.1 Å². The Morgan fingerprint density at radius 1 is 1.47 bits per heavy atom. The van der Waals surface area contributed by atoms with E-state index in [-0.39, 0.29) is 5.54 Å². The quantitative estimate of drug-likeness (QED) is 0.871. The molecule has 0 aliphatic carbocycles. The Hall–Kier alpha value is -0.770. The molecule has 2 unspecified atom stereocenters. The van der Waals surface area contributed by atoms with Crippen LogP contribution in [0, 0.1) is 5.92 Å². The van der Waals surface area contributed by atoms with Crippen molar-refractivity contribution in [3.63, 3.8) is 0 Å². The molecule has 1 aromatic rings.